The number of anilines is 1. The lowest BCUT2D eigenvalue weighted by atomic mass is 9.79. The lowest BCUT2D eigenvalue weighted by Crippen LogP contribution is -2.58. The molecular formula is C25H28N2O7. The Labute approximate surface area is 197 Å². The number of carbonyl (C=O) groups excluding carboxylic acids is 2. The number of nitrogens with zero attached hydrogens (tertiary/aromatic N) is 1. The fourth-order valence-corrected chi connectivity index (χ4v) is 5.31. The van der Waals surface area contributed by atoms with Gasteiger partial charge in [-0.1, -0.05) is 38.1 Å². The number of aromatic hydroxyl groups is 1. The summed E-state index contributed by atoms with van der Waals surface area (Å²) in [5, 5.41) is 33.2. The summed E-state index contributed by atoms with van der Waals surface area (Å²) in [6.07, 6.45) is 1.16. The molecule has 4 unspecified atom stereocenters. The van der Waals surface area contributed by atoms with Crippen molar-refractivity contribution in [1.82, 2.24) is 5.32 Å². The predicted molar refractivity (Wildman–Crippen MR) is 123 cm³/mol. The third kappa shape index (κ3) is 3.26. The van der Waals surface area contributed by atoms with Crippen LogP contribution in [0.15, 0.2) is 36.4 Å². The van der Waals surface area contributed by atoms with E-state index in [1.165, 1.54) is 19.2 Å². The number of para-hydroxylation sites is 1. The second-order valence-corrected chi connectivity index (χ2v) is 8.64. The van der Waals surface area contributed by atoms with Crippen molar-refractivity contribution >= 4 is 23.5 Å². The van der Waals surface area contributed by atoms with E-state index in [-0.39, 0.29) is 11.5 Å². The van der Waals surface area contributed by atoms with Crippen LogP contribution in [0.3, 0.4) is 0 Å². The van der Waals surface area contributed by atoms with Crippen LogP contribution < -0.4 is 15.0 Å². The lowest BCUT2D eigenvalue weighted by molar-refractivity contribution is -0.150. The molecule has 2 amide bonds. The van der Waals surface area contributed by atoms with Gasteiger partial charge in [-0.25, -0.2) is 4.90 Å². The standard InChI is InChI=1S/C25H28N2O7/c1-4-13-7-6-8-14(5-2)21(13)27-22(30)18-19(23(27)31)25(12-28,24(32)33)26-20(18)15-9-10-16(29)17(11-15)34-3/h6-11,18-20,26,28-29H,4-5,12H2,1-3H3,(H,32,33). The number of aliphatic hydroxyl groups is 1. The van der Waals surface area contributed by atoms with Crippen LogP contribution >= 0.6 is 0 Å². The smallest absolute Gasteiger partial charge is 0.327 e. The first-order chi connectivity index (χ1) is 16.2. The van der Waals surface area contributed by atoms with E-state index in [0.717, 1.165) is 16.0 Å². The zero-order valence-electron chi connectivity index (χ0n) is 19.2. The average Bonchev–Trinajstić information content (AvgIpc) is 3.33. The summed E-state index contributed by atoms with van der Waals surface area (Å²) in [4.78, 5) is 41.2. The quantitative estimate of drug-likeness (QED) is 0.452. The molecular weight excluding hydrogens is 440 g/mol. The number of ether oxygens (including phenoxy) is 1. The van der Waals surface area contributed by atoms with E-state index in [2.05, 4.69) is 5.32 Å². The van der Waals surface area contributed by atoms with Crippen molar-refractivity contribution < 1.29 is 34.4 Å². The molecule has 2 saturated heterocycles. The number of phenols is 1. The van der Waals surface area contributed by atoms with Gasteiger partial charge in [0.05, 0.1) is 31.2 Å². The minimum absolute atomic E-state index is 0.118. The number of aliphatic carboxylic acids is 1. The van der Waals surface area contributed by atoms with Gasteiger partial charge in [0.25, 0.3) is 0 Å². The number of fused-ring (bicyclic) bond motifs is 1. The molecule has 0 saturated carbocycles. The Bertz CT molecular complexity index is 1140. The first-order valence-corrected chi connectivity index (χ1v) is 11.2. The minimum Gasteiger partial charge on any atom is -0.504 e. The summed E-state index contributed by atoms with van der Waals surface area (Å²) in [7, 11) is 1.37. The molecule has 9 heteroatoms. The van der Waals surface area contributed by atoms with E-state index < -0.39 is 47.8 Å². The SMILES string of the molecule is CCc1cccc(CC)c1N1C(=O)C2C(c3ccc(O)c(OC)c3)NC(CO)(C(=O)O)C2C1=O. The van der Waals surface area contributed by atoms with Crippen LogP contribution in [0.4, 0.5) is 5.69 Å². The molecule has 4 rings (SSSR count). The fourth-order valence-electron chi connectivity index (χ4n) is 5.31. The number of rotatable bonds is 7. The summed E-state index contributed by atoms with van der Waals surface area (Å²) in [5.74, 6) is -4.95. The molecule has 2 aliphatic rings. The van der Waals surface area contributed by atoms with Gasteiger partial charge in [0.15, 0.2) is 17.0 Å². The number of amides is 2. The molecule has 9 nitrogen and oxygen atoms in total. The monoisotopic (exact) mass is 468 g/mol. The molecule has 2 aromatic rings. The number of imide groups is 1. The molecule has 0 aromatic heterocycles. The number of carboxylic acids is 1. The molecule has 0 bridgehead atoms. The Morgan fingerprint density at radius 2 is 1.76 bits per heavy atom. The number of hydrogen-bond acceptors (Lipinski definition) is 7. The molecule has 180 valence electrons. The number of aryl methyl sites for hydroxylation is 2. The van der Waals surface area contributed by atoms with Crippen LogP contribution in [0.2, 0.25) is 0 Å². The van der Waals surface area contributed by atoms with Crippen molar-refractivity contribution in [2.75, 3.05) is 18.6 Å². The highest BCUT2D eigenvalue weighted by molar-refractivity contribution is 6.25. The van der Waals surface area contributed by atoms with E-state index in [1.54, 1.807) is 6.07 Å². The molecule has 2 fully saturated rings. The number of carbonyl (C=O) groups is 3. The second kappa shape index (κ2) is 8.73. The zero-order valence-corrected chi connectivity index (χ0v) is 19.2. The van der Waals surface area contributed by atoms with Crippen molar-refractivity contribution in [2.45, 2.75) is 38.3 Å². The predicted octanol–water partition coefficient (Wildman–Crippen LogP) is 1.79. The van der Waals surface area contributed by atoms with E-state index in [4.69, 9.17) is 4.74 Å². The molecule has 34 heavy (non-hydrogen) atoms. The van der Waals surface area contributed by atoms with E-state index in [9.17, 15) is 29.7 Å². The number of hydrogen-bond donors (Lipinski definition) is 4. The van der Waals surface area contributed by atoms with E-state index in [0.29, 0.717) is 24.1 Å². The Morgan fingerprint density at radius 1 is 1.12 bits per heavy atom. The molecule has 0 aliphatic carbocycles. The average molecular weight is 469 g/mol. The summed E-state index contributed by atoms with van der Waals surface area (Å²) in [5.41, 5.74) is 0.526. The highest BCUT2D eigenvalue weighted by atomic mass is 16.5. The molecule has 0 spiro atoms. The first kappa shape index (κ1) is 23.7. The number of carboxylic acid groups (broad SMARTS) is 1. The molecule has 2 heterocycles. The Morgan fingerprint density at radius 3 is 2.29 bits per heavy atom. The van der Waals surface area contributed by atoms with Gasteiger partial charge < -0.3 is 20.1 Å². The number of benzene rings is 2. The second-order valence-electron chi connectivity index (χ2n) is 8.64. The van der Waals surface area contributed by atoms with E-state index in [1.807, 2.05) is 32.0 Å². The normalized spacial score (nSPS) is 26.1. The van der Waals surface area contributed by atoms with Crippen LogP contribution in [0, 0.1) is 11.8 Å². The van der Waals surface area contributed by atoms with Crippen LogP contribution in [0.1, 0.15) is 36.6 Å². The third-order valence-corrected chi connectivity index (χ3v) is 7.04. The maximum absolute atomic E-state index is 13.9. The van der Waals surface area contributed by atoms with Crippen molar-refractivity contribution in [3.05, 3.63) is 53.1 Å². The topological polar surface area (TPSA) is 136 Å². The summed E-state index contributed by atoms with van der Waals surface area (Å²) in [6.45, 7) is 2.97. The number of phenolic OH excluding ortho intramolecular Hbond substituents is 1. The van der Waals surface area contributed by atoms with Crippen molar-refractivity contribution in [3.63, 3.8) is 0 Å². The summed E-state index contributed by atoms with van der Waals surface area (Å²) < 4.78 is 5.18. The van der Waals surface area contributed by atoms with Gasteiger partial charge in [-0.15, -0.1) is 0 Å². The summed E-state index contributed by atoms with van der Waals surface area (Å²) >= 11 is 0. The van der Waals surface area contributed by atoms with Gasteiger partial charge in [0.1, 0.15) is 0 Å². The van der Waals surface area contributed by atoms with Crippen molar-refractivity contribution in [1.29, 1.82) is 0 Å². The van der Waals surface area contributed by atoms with Gasteiger partial charge >= 0.3 is 5.97 Å². The molecule has 2 aliphatic heterocycles. The summed E-state index contributed by atoms with van der Waals surface area (Å²) in [6, 6.07) is 9.08. The Kier molecular flexibility index (Phi) is 6.09. The van der Waals surface area contributed by atoms with Crippen molar-refractivity contribution in [2.24, 2.45) is 11.8 Å². The molecule has 2 aromatic carbocycles. The molecule has 0 radical (unpaired) electrons. The van der Waals surface area contributed by atoms with Gasteiger partial charge in [-0.3, -0.25) is 19.7 Å². The van der Waals surface area contributed by atoms with Gasteiger partial charge in [0, 0.05) is 6.04 Å². The van der Waals surface area contributed by atoms with Crippen LogP contribution in [0.25, 0.3) is 0 Å². The Balaban J connectivity index is 1.91. The molecule has 4 atom stereocenters. The highest BCUT2D eigenvalue weighted by Crippen LogP contribution is 2.51. The van der Waals surface area contributed by atoms with Crippen LogP contribution in [-0.4, -0.2) is 52.4 Å². The van der Waals surface area contributed by atoms with Crippen LogP contribution in [0.5, 0.6) is 11.5 Å². The third-order valence-electron chi connectivity index (χ3n) is 7.04. The van der Waals surface area contributed by atoms with E-state index >= 15 is 0 Å². The minimum atomic E-state index is -2.05. The maximum atomic E-state index is 13.9. The van der Waals surface area contributed by atoms with Gasteiger partial charge in [0.2, 0.25) is 11.8 Å². The highest BCUT2D eigenvalue weighted by Gasteiger charge is 2.69. The van der Waals surface area contributed by atoms with Gasteiger partial charge in [-0.2, -0.15) is 0 Å². The number of methoxy groups -OCH3 is 1. The van der Waals surface area contributed by atoms with Crippen molar-refractivity contribution in [3.8, 4) is 11.5 Å². The Hall–Kier alpha value is -3.43. The van der Waals surface area contributed by atoms with Crippen LogP contribution in [-0.2, 0) is 27.2 Å². The fraction of sp³-hybridized carbons (Fsp3) is 0.400. The number of nitrogens with one attached hydrogen (secondary N) is 1. The molecule has 4 N–H and O–H groups in total. The lowest BCUT2D eigenvalue weighted by Gasteiger charge is -2.30. The maximum Gasteiger partial charge on any atom is 0.327 e. The largest absolute Gasteiger partial charge is 0.504 e. The number of aliphatic hydroxyl groups excluding tert-OH is 1. The zero-order chi connectivity index (χ0) is 24.8. The first-order valence-electron chi connectivity index (χ1n) is 11.2. The van der Waals surface area contributed by atoms with Gasteiger partial charge in [-0.05, 0) is 41.7 Å².